The summed E-state index contributed by atoms with van der Waals surface area (Å²) in [5.74, 6) is -0.629. The van der Waals surface area contributed by atoms with Gasteiger partial charge in [0.05, 0.1) is 12.2 Å². The second kappa shape index (κ2) is 7.91. The predicted octanol–water partition coefficient (Wildman–Crippen LogP) is 3.31. The second-order valence-electron chi connectivity index (χ2n) is 8.48. The minimum Gasteiger partial charge on any atom is -0.349 e. The zero-order chi connectivity index (χ0) is 23.2. The largest absolute Gasteiger partial charge is 0.349 e. The molecule has 33 heavy (non-hydrogen) atoms. The van der Waals surface area contributed by atoms with Crippen LogP contribution in [-0.2, 0) is 10.3 Å². The molecule has 170 valence electrons. The van der Waals surface area contributed by atoms with E-state index >= 15 is 0 Å². The fourth-order valence-electron chi connectivity index (χ4n) is 4.12. The quantitative estimate of drug-likeness (QED) is 0.499. The summed E-state index contributed by atoms with van der Waals surface area (Å²) in [5.41, 5.74) is 0.200. The molecule has 5 rings (SSSR count). The maximum atomic E-state index is 14.5. The van der Waals surface area contributed by atoms with Crippen LogP contribution in [0.1, 0.15) is 38.3 Å². The zero-order valence-corrected chi connectivity index (χ0v) is 18.1. The third kappa shape index (κ3) is 3.69. The van der Waals surface area contributed by atoms with E-state index in [2.05, 4.69) is 20.5 Å². The minimum absolute atomic E-state index is 0.309. The molecule has 0 bridgehead atoms. The van der Waals surface area contributed by atoms with Gasteiger partial charge in [-0.05, 0) is 51.0 Å². The molecule has 0 radical (unpaired) electrons. The molecule has 1 N–H and O–H groups in total. The van der Waals surface area contributed by atoms with Crippen LogP contribution >= 0.6 is 0 Å². The lowest BCUT2D eigenvalue weighted by molar-refractivity contribution is -0.123. The summed E-state index contributed by atoms with van der Waals surface area (Å²) in [5, 5.41) is 11.2. The topological polar surface area (TPSA) is 93.2 Å². The van der Waals surface area contributed by atoms with Crippen molar-refractivity contribution in [2.24, 2.45) is 0 Å². The van der Waals surface area contributed by atoms with Crippen LogP contribution in [0.15, 0.2) is 49.3 Å². The first-order valence-corrected chi connectivity index (χ1v) is 10.6. The van der Waals surface area contributed by atoms with Crippen molar-refractivity contribution in [1.29, 1.82) is 0 Å². The van der Waals surface area contributed by atoms with Gasteiger partial charge in [0, 0.05) is 18.3 Å². The summed E-state index contributed by atoms with van der Waals surface area (Å²) in [4.78, 5) is 23.5. The molecule has 1 aliphatic heterocycles. The molecule has 1 fully saturated rings. The number of fused-ring (bicyclic) bond motifs is 1. The number of halogens is 2. The van der Waals surface area contributed by atoms with Crippen LogP contribution in [0.2, 0.25) is 0 Å². The zero-order valence-electron chi connectivity index (χ0n) is 18.1. The molecule has 9 nitrogen and oxygen atoms in total. The molecule has 11 heteroatoms. The molecule has 0 saturated carbocycles. The molecule has 1 aromatic carbocycles. The fraction of sp³-hybridized carbons (Fsp3) is 0.318. The van der Waals surface area contributed by atoms with Crippen molar-refractivity contribution >= 4 is 23.1 Å². The Kier molecular flexibility index (Phi) is 5.03. The lowest BCUT2D eigenvalue weighted by Crippen LogP contribution is -2.40. The highest BCUT2D eigenvalue weighted by Crippen LogP contribution is 2.37. The van der Waals surface area contributed by atoms with E-state index in [1.54, 1.807) is 30.6 Å². The number of rotatable bonds is 5. The van der Waals surface area contributed by atoms with Crippen molar-refractivity contribution in [3.63, 3.8) is 0 Å². The Morgan fingerprint density at radius 1 is 1.21 bits per heavy atom. The summed E-state index contributed by atoms with van der Waals surface area (Å²) < 4.78 is 31.3. The van der Waals surface area contributed by atoms with Crippen LogP contribution in [0.4, 0.5) is 20.3 Å². The van der Waals surface area contributed by atoms with Crippen LogP contribution < -0.4 is 10.2 Å². The number of anilines is 2. The molecule has 0 aliphatic carbocycles. The maximum absolute atomic E-state index is 14.5. The summed E-state index contributed by atoms with van der Waals surface area (Å²) in [6, 6.07) is 4.96. The van der Waals surface area contributed by atoms with Gasteiger partial charge in [-0.2, -0.15) is 10.2 Å². The molecule has 1 saturated heterocycles. The Morgan fingerprint density at radius 2 is 2.06 bits per heavy atom. The van der Waals surface area contributed by atoms with Gasteiger partial charge in [-0.1, -0.05) is 0 Å². The fourth-order valence-corrected chi connectivity index (χ4v) is 4.12. The van der Waals surface area contributed by atoms with Gasteiger partial charge in [-0.15, -0.1) is 0 Å². The van der Waals surface area contributed by atoms with E-state index in [9.17, 15) is 13.6 Å². The van der Waals surface area contributed by atoms with E-state index in [4.69, 9.17) is 4.98 Å². The molecule has 1 amide bonds. The average Bonchev–Trinajstić information content (AvgIpc) is 3.56. The van der Waals surface area contributed by atoms with Gasteiger partial charge in [0.2, 0.25) is 0 Å². The van der Waals surface area contributed by atoms with E-state index in [1.165, 1.54) is 29.6 Å². The number of carbonyl (C=O) groups excluding carboxylic acids is 1. The molecule has 1 atom stereocenters. The lowest BCUT2D eigenvalue weighted by Gasteiger charge is -2.26. The van der Waals surface area contributed by atoms with Crippen molar-refractivity contribution in [2.75, 3.05) is 16.8 Å². The Hall–Kier alpha value is -3.89. The summed E-state index contributed by atoms with van der Waals surface area (Å²) >= 11 is 0. The minimum atomic E-state index is -0.989. The Morgan fingerprint density at radius 3 is 2.85 bits per heavy atom. The smallest absolute Gasteiger partial charge is 0.251 e. The van der Waals surface area contributed by atoms with E-state index in [1.807, 2.05) is 4.90 Å². The van der Waals surface area contributed by atoms with Gasteiger partial charge in [-0.25, -0.2) is 27.9 Å². The van der Waals surface area contributed by atoms with Gasteiger partial charge in [-0.3, -0.25) is 4.79 Å². The molecule has 0 spiro atoms. The standard InChI is InChI=1S/C22H22F2N8O/c1-22(2,32-13-25-12-27-32)21(33)28-17-11-26-31-9-7-19(29-20(17)31)30-8-3-4-18(30)15-10-14(23)5-6-16(15)24/h5-7,9-13,18H,3-4,8H2,1-2H3,(H,28,33). The van der Waals surface area contributed by atoms with Crippen molar-refractivity contribution < 1.29 is 13.6 Å². The Balaban J connectivity index is 1.46. The SMILES string of the molecule is CC(C)(C(=O)Nc1cnn2ccc(N3CCCC3c3cc(F)ccc3F)nc12)n1cncn1. The Bertz CT molecular complexity index is 1320. The van der Waals surface area contributed by atoms with Crippen molar-refractivity contribution in [1.82, 2.24) is 29.4 Å². The lowest BCUT2D eigenvalue weighted by atomic mass is 10.0. The number of carbonyl (C=O) groups is 1. The number of hydrogen-bond donors (Lipinski definition) is 1. The van der Waals surface area contributed by atoms with Crippen LogP contribution in [0.3, 0.4) is 0 Å². The first kappa shape index (κ1) is 21.0. The third-order valence-corrected chi connectivity index (χ3v) is 6.01. The molecule has 1 unspecified atom stereocenters. The summed E-state index contributed by atoms with van der Waals surface area (Å²) in [6.07, 6.45) is 7.60. The monoisotopic (exact) mass is 452 g/mol. The maximum Gasteiger partial charge on any atom is 0.251 e. The number of nitrogens with one attached hydrogen (secondary N) is 1. The molecular formula is C22H22F2N8O. The van der Waals surface area contributed by atoms with Crippen molar-refractivity contribution in [3.05, 3.63) is 66.5 Å². The average molecular weight is 452 g/mol. The molecule has 4 aromatic rings. The number of nitrogens with zero attached hydrogens (tertiary/aromatic N) is 7. The number of aromatic nitrogens is 6. The molecular weight excluding hydrogens is 430 g/mol. The highest BCUT2D eigenvalue weighted by molar-refractivity contribution is 5.98. The highest BCUT2D eigenvalue weighted by Gasteiger charge is 2.32. The van der Waals surface area contributed by atoms with Gasteiger partial charge in [0.25, 0.3) is 5.91 Å². The van der Waals surface area contributed by atoms with Gasteiger partial charge in [0.15, 0.2) is 5.65 Å². The molecule has 4 heterocycles. The van der Waals surface area contributed by atoms with Crippen molar-refractivity contribution in [3.8, 4) is 0 Å². The van der Waals surface area contributed by atoms with Gasteiger partial charge in [0.1, 0.15) is 41.3 Å². The first-order valence-electron chi connectivity index (χ1n) is 10.6. The third-order valence-electron chi connectivity index (χ3n) is 6.01. The van der Waals surface area contributed by atoms with Gasteiger partial charge >= 0.3 is 0 Å². The number of amides is 1. The van der Waals surface area contributed by atoms with Crippen molar-refractivity contribution in [2.45, 2.75) is 38.3 Å². The highest BCUT2D eigenvalue weighted by atomic mass is 19.1. The Labute approximate surface area is 188 Å². The van der Waals surface area contributed by atoms with E-state index in [0.29, 0.717) is 35.7 Å². The summed E-state index contributed by atoms with van der Waals surface area (Å²) in [7, 11) is 0. The van der Waals surface area contributed by atoms with E-state index in [0.717, 1.165) is 18.6 Å². The van der Waals surface area contributed by atoms with Crippen LogP contribution in [0, 0.1) is 11.6 Å². The molecule has 1 aliphatic rings. The van der Waals surface area contributed by atoms with Crippen LogP contribution in [-0.4, -0.2) is 41.8 Å². The number of hydrogen-bond acceptors (Lipinski definition) is 6. The second-order valence-corrected chi connectivity index (χ2v) is 8.48. The van der Waals surface area contributed by atoms with E-state index < -0.39 is 17.2 Å². The van der Waals surface area contributed by atoms with E-state index in [-0.39, 0.29) is 11.9 Å². The predicted molar refractivity (Wildman–Crippen MR) is 117 cm³/mol. The number of benzene rings is 1. The molecule has 3 aromatic heterocycles. The van der Waals surface area contributed by atoms with Crippen LogP contribution in [0.5, 0.6) is 0 Å². The van der Waals surface area contributed by atoms with Crippen LogP contribution in [0.25, 0.3) is 5.65 Å². The first-order chi connectivity index (χ1) is 15.8. The summed E-state index contributed by atoms with van der Waals surface area (Å²) in [6.45, 7) is 4.10. The normalized spacial score (nSPS) is 16.5. The van der Waals surface area contributed by atoms with Gasteiger partial charge < -0.3 is 10.2 Å².